The first-order valence-corrected chi connectivity index (χ1v) is 8.60. The summed E-state index contributed by atoms with van der Waals surface area (Å²) < 4.78 is 27.2. The standard InChI is InChI=1S/C16H25NO2S/c1-5-6-7-8-14(3)15(4)17-20(18,19)16-11-9-13(2)10-12-16/h7-12,14-15,17H,5-6H2,1-4H3/b8-7+/t14-,15+/m1/s1. The van der Waals surface area contributed by atoms with Gasteiger partial charge in [0.25, 0.3) is 0 Å². The molecular weight excluding hydrogens is 270 g/mol. The highest BCUT2D eigenvalue weighted by Crippen LogP contribution is 2.13. The Morgan fingerprint density at radius 3 is 2.35 bits per heavy atom. The summed E-state index contributed by atoms with van der Waals surface area (Å²) in [6.45, 7) is 7.98. The van der Waals surface area contributed by atoms with E-state index in [1.807, 2.05) is 32.9 Å². The fraction of sp³-hybridized carbons (Fsp3) is 0.500. The smallest absolute Gasteiger partial charge is 0.208 e. The van der Waals surface area contributed by atoms with Gasteiger partial charge in [-0.15, -0.1) is 0 Å². The maximum Gasteiger partial charge on any atom is 0.240 e. The molecule has 0 spiro atoms. The van der Waals surface area contributed by atoms with Crippen molar-refractivity contribution in [2.24, 2.45) is 5.92 Å². The largest absolute Gasteiger partial charge is 0.240 e. The maximum absolute atomic E-state index is 12.3. The van der Waals surface area contributed by atoms with Gasteiger partial charge in [0.15, 0.2) is 0 Å². The molecule has 112 valence electrons. The Bertz CT molecular complexity index is 532. The lowest BCUT2D eigenvalue weighted by Crippen LogP contribution is -2.36. The van der Waals surface area contributed by atoms with Crippen LogP contribution in [0, 0.1) is 12.8 Å². The molecule has 0 amide bonds. The number of unbranched alkanes of at least 4 members (excludes halogenated alkanes) is 1. The number of allylic oxidation sites excluding steroid dienone is 1. The summed E-state index contributed by atoms with van der Waals surface area (Å²) in [6.07, 6.45) is 6.32. The zero-order valence-corrected chi connectivity index (χ0v) is 13.6. The third kappa shape index (κ3) is 5.10. The zero-order chi connectivity index (χ0) is 15.2. The molecule has 1 rings (SSSR count). The van der Waals surface area contributed by atoms with Gasteiger partial charge in [-0.1, -0.05) is 50.1 Å². The molecule has 1 aromatic rings. The Hall–Kier alpha value is -1.13. The van der Waals surface area contributed by atoms with E-state index >= 15 is 0 Å². The Balaban J connectivity index is 2.73. The molecule has 0 fully saturated rings. The van der Waals surface area contributed by atoms with E-state index in [0.29, 0.717) is 4.90 Å². The van der Waals surface area contributed by atoms with Crippen LogP contribution >= 0.6 is 0 Å². The molecule has 2 atom stereocenters. The van der Waals surface area contributed by atoms with E-state index in [4.69, 9.17) is 0 Å². The summed E-state index contributed by atoms with van der Waals surface area (Å²) >= 11 is 0. The zero-order valence-electron chi connectivity index (χ0n) is 12.8. The minimum absolute atomic E-state index is 0.130. The fourth-order valence-electron chi connectivity index (χ4n) is 1.78. The lowest BCUT2D eigenvalue weighted by atomic mass is 10.0. The van der Waals surface area contributed by atoms with Crippen molar-refractivity contribution >= 4 is 10.0 Å². The molecule has 1 aromatic carbocycles. The highest BCUT2D eigenvalue weighted by atomic mass is 32.2. The van der Waals surface area contributed by atoms with Gasteiger partial charge in [0.1, 0.15) is 0 Å². The lowest BCUT2D eigenvalue weighted by Gasteiger charge is -2.18. The number of nitrogens with one attached hydrogen (secondary N) is 1. The second-order valence-electron chi connectivity index (χ2n) is 5.30. The first-order chi connectivity index (χ1) is 9.36. The van der Waals surface area contributed by atoms with Gasteiger partial charge in [-0.3, -0.25) is 0 Å². The monoisotopic (exact) mass is 295 g/mol. The predicted molar refractivity (Wildman–Crippen MR) is 84.2 cm³/mol. The molecular formula is C16H25NO2S. The number of rotatable bonds is 7. The van der Waals surface area contributed by atoms with E-state index in [2.05, 4.69) is 23.8 Å². The topological polar surface area (TPSA) is 46.2 Å². The van der Waals surface area contributed by atoms with Crippen LogP contribution in [-0.2, 0) is 10.0 Å². The molecule has 0 aliphatic carbocycles. The van der Waals surface area contributed by atoms with Gasteiger partial charge >= 0.3 is 0 Å². The van der Waals surface area contributed by atoms with Crippen molar-refractivity contribution in [1.82, 2.24) is 4.72 Å². The van der Waals surface area contributed by atoms with E-state index in [9.17, 15) is 8.42 Å². The van der Waals surface area contributed by atoms with Crippen LogP contribution in [0.15, 0.2) is 41.3 Å². The summed E-state index contributed by atoms with van der Waals surface area (Å²) in [4.78, 5) is 0.319. The third-order valence-electron chi connectivity index (χ3n) is 3.36. The highest BCUT2D eigenvalue weighted by molar-refractivity contribution is 7.89. The summed E-state index contributed by atoms with van der Waals surface area (Å²) in [5.41, 5.74) is 1.05. The summed E-state index contributed by atoms with van der Waals surface area (Å²) in [5.74, 6) is 0.168. The van der Waals surface area contributed by atoms with Gasteiger partial charge in [-0.25, -0.2) is 13.1 Å². The van der Waals surface area contributed by atoms with Gasteiger partial charge < -0.3 is 0 Å². The SMILES string of the molecule is CCC/C=C/[C@@H](C)[C@H](C)NS(=O)(=O)c1ccc(C)cc1. The Labute approximate surface area is 123 Å². The summed E-state index contributed by atoms with van der Waals surface area (Å²) in [5, 5.41) is 0. The minimum Gasteiger partial charge on any atom is -0.208 e. The Kier molecular flexibility index (Phi) is 6.43. The van der Waals surface area contributed by atoms with Crippen LogP contribution in [0.3, 0.4) is 0 Å². The van der Waals surface area contributed by atoms with Gasteiger partial charge in [0.05, 0.1) is 4.90 Å². The maximum atomic E-state index is 12.3. The average molecular weight is 295 g/mol. The number of hydrogen-bond acceptors (Lipinski definition) is 2. The van der Waals surface area contributed by atoms with Gasteiger partial charge in [-0.05, 0) is 38.3 Å². The van der Waals surface area contributed by atoms with E-state index < -0.39 is 10.0 Å². The molecule has 0 unspecified atom stereocenters. The molecule has 0 aliphatic heterocycles. The number of sulfonamides is 1. The van der Waals surface area contributed by atoms with Crippen LogP contribution in [0.5, 0.6) is 0 Å². The molecule has 20 heavy (non-hydrogen) atoms. The highest BCUT2D eigenvalue weighted by Gasteiger charge is 2.19. The van der Waals surface area contributed by atoms with Gasteiger partial charge in [0, 0.05) is 6.04 Å². The van der Waals surface area contributed by atoms with Crippen molar-refractivity contribution in [3.05, 3.63) is 42.0 Å². The van der Waals surface area contributed by atoms with Crippen LogP contribution in [0.4, 0.5) is 0 Å². The predicted octanol–water partition coefficient (Wildman–Crippen LogP) is 3.65. The molecule has 0 saturated heterocycles. The minimum atomic E-state index is -3.44. The van der Waals surface area contributed by atoms with Crippen LogP contribution in [0.2, 0.25) is 0 Å². The normalized spacial score (nSPS) is 15.4. The number of benzene rings is 1. The van der Waals surface area contributed by atoms with Crippen molar-refractivity contribution in [3.8, 4) is 0 Å². The van der Waals surface area contributed by atoms with Crippen LogP contribution in [0.1, 0.15) is 39.2 Å². The Morgan fingerprint density at radius 1 is 1.20 bits per heavy atom. The third-order valence-corrected chi connectivity index (χ3v) is 4.93. The van der Waals surface area contributed by atoms with E-state index in [1.54, 1.807) is 12.1 Å². The van der Waals surface area contributed by atoms with Crippen molar-refractivity contribution < 1.29 is 8.42 Å². The molecule has 0 aliphatic rings. The molecule has 0 bridgehead atoms. The van der Waals surface area contributed by atoms with Crippen molar-refractivity contribution in [3.63, 3.8) is 0 Å². The second kappa shape index (κ2) is 7.60. The van der Waals surface area contributed by atoms with Gasteiger partial charge in [0.2, 0.25) is 10.0 Å². The molecule has 1 N–H and O–H groups in total. The van der Waals surface area contributed by atoms with Crippen LogP contribution in [-0.4, -0.2) is 14.5 Å². The van der Waals surface area contributed by atoms with E-state index in [1.165, 1.54) is 0 Å². The fourth-order valence-corrected chi connectivity index (χ4v) is 3.12. The average Bonchev–Trinajstić information content (AvgIpc) is 2.38. The Morgan fingerprint density at radius 2 is 1.80 bits per heavy atom. The van der Waals surface area contributed by atoms with Crippen molar-refractivity contribution in [1.29, 1.82) is 0 Å². The first kappa shape index (κ1) is 16.9. The quantitative estimate of drug-likeness (QED) is 0.780. The van der Waals surface area contributed by atoms with Crippen molar-refractivity contribution in [2.45, 2.75) is 51.5 Å². The van der Waals surface area contributed by atoms with Crippen molar-refractivity contribution in [2.75, 3.05) is 0 Å². The summed E-state index contributed by atoms with van der Waals surface area (Å²) in [7, 11) is -3.44. The van der Waals surface area contributed by atoms with E-state index in [0.717, 1.165) is 18.4 Å². The number of aryl methyl sites for hydroxylation is 1. The molecule has 4 heteroatoms. The summed E-state index contributed by atoms with van der Waals surface area (Å²) in [6, 6.07) is 6.77. The second-order valence-corrected chi connectivity index (χ2v) is 7.01. The van der Waals surface area contributed by atoms with Crippen LogP contribution in [0.25, 0.3) is 0 Å². The molecule has 0 radical (unpaired) electrons. The van der Waals surface area contributed by atoms with Gasteiger partial charge in [-0.2, -0.15) is 0 Å². The molecule has 3 nitrogen and oxygen atoms in total. The first-order valence-electron chi connectivity index (χ1n) is 7.12. The van der Waals surface area contributed by atoms with E-state index in [-0.39, 0.29) is 12.0 Å². The molecule has 0 heterocycles. The lowest BCUT2D eigenvalue weighted by molar-refractivity contribution is 0.508. The molecule has 0 aromatic heterocycles. The molecule has 0 saturated carbocycles. The number of hydrogen-bond donors (Lipinski definition) is 1. The van der Waals surface area contributed by atoms with Crippen LogP contribution < -0.4 is 4.72 Å².